The van der Waals surface area contributed by atoms with Crippen molar-refractivity contribution in [3.63, 3.8) is 0 Å². The lowest BCUT2D eigenvalue weighted by molar-refractivity contribution is 0.402. The molecule has 0 bridgehead atoms. The first-order valence-electron chi connectivity index (χ1n) is 8.26. The molecule has 23 heavy (non-hydrogen) atoms. The van der Waals surface area contributed by atoms with Crippen LogP contribution in [0.1, 0.15) is 31.2 Å². The van der Waals surface area contributed by atoms with Gasteiger partial charge >= 0.3 is 0 Å². The average molecular weight is 434 g/mol. The van der Waals surface area contributed by atoms with Gasteiger partial charge in [0.1, 0.15) is 0 Å². The van der Waals surface area contributed by atoms with Crippen molar-refractivity contribution < 1.29 is 0 Å². The van der Waals surface area contributed by atoms with Gasteiger partial charge in [0.05, 0.1) is 6.20 Å². The van der Waals surface area contributed by atoms with Crippen molar-refractivity contribution in [3.8, 4) is 0 Å². The molecular weight excluding hydrogens is 403 g/mol. The summed E-state index contributed by atoms with van der Waals surface area (Å²) in [6.07, 6.45) is 6.40. The molecule has 1 atom stereocenters. The molecule has 0 spiro atoms. The van der Waals surface area contributed by atoms with Crippen molar-refractivity contribution in [2.75, 3.05) is 46.8 Å². The average Bonchev–Trinajstić information content (AvgIpc) is 3.10. The Morgan fingerprint density at radius 1 is 1.48 bits per heavy atom. The van der Waals surface area contributed by atoms with Gasteiger partial charge in [-0.1, -0.05) is 0 Å². The summed E-state index contributed by atoms with van der Waals surface area (Å²) in [5.41, 5.74) is 1.34. The fourth-order valence-corrected chi connectivity index (χ4v) is 2.87. The van der Waals surface area contributed by atoms with E-state index in [-0.39, 0.29) is 24.0 Å². The first kappa shape index (κ1) is 20.2. The van der Waals surface area contributed by atoms with E-state index in [1.807, 2.05) is 17.9 Å². The monoisotopic (exact) mass is 434 g/mol. The maximum atomic E-state index is 4.78. The van der Waals surface area contributed by atoms with E-state index < -0.39 is 0 Å². The van der Waals surface area contributed by atoms with E-state index in [0.717, 1.165) is 45.1 Å². The minimum Gasteiger partial charge on any atom is -0.357 e. The van der Waals surface area contributed by atoms with Crippen LogP contribution in [-0.4, -0.2) is 72.4 Å². The Labute approximate surface area is 157 Å². The summed E-state index contributed by atoms with van der Waals surface area (Å²) in [4.78, 5) is 9.38. The molecule has 0 aliphatic carbocycles. The van der Waals surface area contributed by atoms with E-state index >= 15 is 0 Å². The van der Waals surface area contributed by atoms with Crippen LogP contribution in [0.25, 0.3) is 0 Å². The summed E-state index contributed by atoms with van der Waals surface area (Å²) in [6.45, 7) is 7.12. The SMILES string of the molecule is CCNC(=NCCCN(C)C)N1CCC(c2cnn(C)c2)C1.I. The molecular formula is C16H31IN6. The van der Waals surface area contributed by atoms with Crippen LogP contribution in [0.3, 0.4) is 0 Å². The van der Waals surface area contributed by atoms with E-state index in [1.165, 1.54) is 12.0 Å². The van der Waals surface area contributed by atoms with Crippen LogP contribution < -0.4 is 5.32 Å². The highest BCUT2D eigenvalue weighted by Gasteiger charge is 2.26. The molecule has 1 N–H and O–H groups in total. The van der Waals surface area contributed by atoms with Gasteiger partial charge in [0.2, 0.25) is 0 Å². The molecule has 7 heteroatoms. The predicted octanol–water partition coefficient (Wildman–Crippen LogP) is 1.74. The zero-order chi connectivity index (χ0) is 15.9. The lowest BCUT2D eigenvalue weighted by Crippen LogP contribution is -2.40. The van der Waals surface area contributed by atoms with Gasteiger partial charge in [0.25, 0.3) is 0 Å². The lowest BCUT2D eigenvalue weighted by Gasteiger charge is -2.21. The third kappa shape index (κ3) is 6.29. The van der Waals surface area contributed by atoms with E-state index in [9.17, 15) is 0 Å². The summed E-state index contributed by atoms with van der Waals surface area (Å²) in [5.74, 6) is 1.63. The van der Waals surface area contributed by atoms with Crippen molar-refractivity contribution in [1.82, 2.24) is 24.9 Å². The topological polar surface area (TPSA) is 48.7 Å². The Hall–Kier alpha value is -0.830. The van der Waals surface area contributed by atoms with Crippen LogP contribution in [0.15, 0.2) is 17.4 Å². The molecule has 0 amide bonds. The normalized spacial score (nSPS) is 18.4. The Morgan fingerprint density at radius 2 is 2.26 bits per heavy atom. The van der Waals surface area contributed by atoms with Crippen molar-refractivity contribution in [3.05, 3.63) is 18.0 Å². The minimum absolute atomic E-state index is 0. The van der Waals surface area contributed by atoms with Crippen molar-refractivity contribution in [2.45, 2.75) is 25.7 Å². The summed E-state index contributed by atoms with van der Waals surface area (Å²) < 4.78 is 1.89. The number of aliphatic imine (C=N–C) groups is 1. The highest BCUT2D eigenvalue weighted by molar-refractivity contribution is 14.0. The largest absolute Gasteiger partial charge is 0.357 e. The third-order valence-electron chi connectivity index (χ3n) is 4.04. The minimum atomic E-state index is 0. The Kier molecular flexibility index (Phi) is 8.90. The smallest absolute Gasteiger partial charge is 0.193 e. The first-order chi connectivity index (χ1) is 10.6. The van der Waals surface area contributed by atoms with Gasteiger partial charge < -0.3 is 15.1 Å². The first-order valence-corrected chi connectivity index (χ1v) is 8.26. The number of nitrogens with zero attached hydrogens (tertiary/aromatic N) is 5. The van der Waals surface area contributed by atoms with Gasteiger partial charge in [-0.05, 0) is 46.0 Å². The standard InChI is InChI=1S/C16H30N6.HI/c1-5-17-16(18-8-6-9-20(2)3)22-10-7-14(13-22)15-11-19-21(4)12-15;/h11-12,14H,5-10,13H2,1-4H3,(H,17,18);1H. The van der Waals surface area contributed by atoms with Crippen LogP contribution in [0.4, 0.5) is 0 Å². The molecule has 1 unspecified atom stereocenters. The zero-order valence-corrected chi connectivity index (χ0v) is 17.2. The molecule has 1 fully saturated rings. The number of aromatic nitrogens is 2. The summed E-state index contributed by atoms with van der Waals surface area (Å²) in [6, 6.07) is 0. The summed E-state index contributed by atoms with van der Waals surface area (Å²) in [5, 5.41) is 7.72. The fourth-order valence-electron chi connectivity index (χ4n) is 2.87. The molecule has 132 valence electrons. The Bertz CT molecular complexity index is 485. The molecule has 1 aliphatic heterocycles. The molecule has 2 heterocycles. The van der Waals surface area contributed by atoms with Gasteiger partial charge in [0, 0.05) is 45.3 Å². The molecule has 1 saturated heterocycles. The fraction of sp³-hybridized carbons (Fsp3) is 0.750. The number of aryl methyl sites for hydroxylation is 1. The third-order valence-corrected chi connectivity index (χ3v) is 4.04. The molecule has 0 radical (unpaired) electrons. The van der Waals surface area contributed by atoms with Crippen LogP contribution >= 0.6 is 24.0 Å². The highest BCUT2D eigenvalue weighted by Crippen LogP contribution is 2.26. The van der Waals surface area contributed by atoms with Crippen molar-refractivity contribution in [1.29, 1.82) is 0 Å². The number of hydrogen-bond acceptors (Lipinski definition) is 3. The maximum Gasteiger partial charge on any atom is 0.193 e. The van der Waals surface area contributed by atoms with Gasteiger partial charge in [-0.15, -0.1) is 24.0 Å². The number of likely N-dealkylation sites (tertiary alicyclic amines) is 1. The van der Waals surface area contributed by atoms with Crippen LogP contribution in [0.5, 0.6) is 0 Å². The second-order valence-corrected chi connectivity index (χ2v) is 6.27. The number of guanidine groups is 1. The molecule has 0 aromatic carbocycles. The summed E-state index contributed by atoms with van der Waals surface area (Å²) >= 11 is 0. The van der Waals surface area contributed by atoms with Gasteiger partial charge in [-0.3, -0.25) is 9.67 Å². The predicted molar refractivity (Wildman–Crippen MR) is 107 cm³/mol. The number of halogens is 1. The number of hydrogen-bond donors (Lipinski definition) is 1. The summed E-state index contributed by atoms with van der Waals surface area (Å²) in [7, 11) is 6.19. The molecule has 6 nitrogen and oxygen atoms in total. The highest BCUT2D eigenvalue weighted by atomic mass is 127. The van der Waals surface area contributed by atoms with Crippen LogP contribution in [-0.2, 0) is 7.05 Å². The Morgan fingerprint density at radius 3 is 2.87 bits per heavy atom. The van der Waals surface area contributed by atoms with E-state index in [4.69, 9.17) is 4.99 Å². The quantitative estimate of drug-likeness (QED) is 0.321. The van der Waals surface area contributed by atoms with Gasteiger partial charge in [0.15, 0.2) is 5.96 Å². The van der Waals surface area contributed by atoms with Crippen molar-refractivity contribution >= 4 is 29.9 Å². The molecule has 1 aromatic rings. The number of rotatable bonds is 6. The molecule has 2 rings (SSSR count). The van der Waals surface area contributed by atoms with Crippen LogP contribution in [0.2, 0.25) is 0 Å². The van der Waals surface area contributed by atoms with Crippen LogP contribution in [0, 0.1) is 0 Å². The van der Waals surface area contributed by atoms with E-state index in [2.05, 4.69) is 47.4 Å². The zero-order valence-electron chi connectivity index (χ0n) is 14.8. The van der Waals surface area contributed by atoms with E-state index in [0.29, 0.717) is 5.92 Å². The van der Waals surface area contributed by atoms with Gasteiger partial charge in [-0.25, -0.2) is 0 Å². The molecule has 0 saturated carbocycles. The lowest BCUT2D eigenvalue weighted by atomic mass is 10.0. The van der Waals surface area contributed by atoms with E-state index in [1.54, 1.807) is 0 Å². The maximum absolute atomic E-state index is 4.78. The molecule has 1 aliphatic rings. The second-order valence-electron chi connectivity index (χ2n) is 6.27. The Balaban J connectivity index is 0.00000264. The number of nitrogens with one attached hydrogen (secondary N) is 1. The molecule has 1 aromatic heterocycles. The second kappa shape index (κ2) is 10.1. The van der Waals surface area contributed by atoms with Crippen molar-refractivity contribution in [2.24, 2.45) is 12.0 Å². The van der Waals surface area contributed by atoms with Gasteiger partial charge in [-0.2, -0.15) is 5.10 Å².